The van der Waals surface area contributed by atoms with E-state index in [1.54, 1.807) is 11.2 Å². The number of nitrogens with zero attached hydrogens (tertiary/aromatic N) is 3. The van der Waals surface area contributed by atoms with E-state index in [-0.39, 0.29) is 12.5 Å². The number of aliphatic hydroxyl groups excluding tert-OH is 1. The topological polar surface area (TPSA) is 78.6 Å². The summed E-state index contributed by atoms with van der Waals surface area (Å²) < 4.78 is 2.00. The molecule has 1 aliphatic rings. The first-order valence-electron chi connectivity index (χ1n) is 8.12. The van der Waals surface area contributed by atoms with Crippen LogP contribution in [0.2, 0.25) is 0 Å². The number of carbonyl (C=O) groups excluding carboxylic acids is 1. The van der Waals surface area contributed by atoms with Gasteiger partial charge in [0.05, 0.1) is 29.6 Å². The smallest absolute Gasteiger partial charge is 0.224 e. The number of fused-ring (bicyclic) bond motifs is 1. The van der Waals surface area contributed by atoms with Crippen LogP contribution < -0.4 is 0 Å². The van der Waals surface area contributed by atoms with Gasteiger partial charge in [-0.05, 0) is 31.4 Å². The summed E-state index contributed by atoms with van der Waals surface area (Å²) in [7, 11) is 0. The highest BCUT2D eigenvalue weighted by atomic mass is 16.3. The first-order chi connectivity index (χ1) is 11.1. The van der Waals surface area contributed by atoms with Crippen molar-refractivity contribution in [3.8, 4) is 0 Å². The molecule has 124 valence electrons. The van der Waals surface area contributed by atoms with Crippen molar-refractivity contribution in [1.29, 1.82) is 0 Å². The quantitative estimate of drug-likeness (QED) is 0.887. The van der Waals surface area contributed by atoms with Crippen molar-refractivity contribution in [3.05, 3.63) is 30.6 Å². The van der Waals surface area contributed by atoms with E-state index in [9.17, 15) is 15.0 Å². The van der Waals surface area contributed by atoms with Gasteiger partial charge in [0.25, 0.3) is 0 Å². The average Bonchev–Trinajstić information content (AvgIpc) is 2.88. The fourth-order valence-corrected chi connectivity index (χ4v) is 3.15. The molecule has 2 heterocycles. The predicted octanol–water partition coefficient (Wildman–Crippen LogP) is 1.16. The first-order valence-corrected chi connectivity index (χ1v) is 8.12. The molecule has 1 atom stereocenters. The summed E-state index contributed by atoms with van der Waals surface area (Å²) >= 11 is 0. The zero-order valence-corrected chi connectivity index (χ0v) is 13.2. The minimum atomic E-state index is -1.03. The zero-order chi connectivity index (χ0) is 16.3. The SMILES string of the molecule is O=C(CCn1cnc2ccccc21)N1CCC[C@](O)(CO)CC1. The molecule has 23 heavy (non-hydrogen) atoms. The fraction of sp³-hybridized carbons (Fsp3) is 0.529. The van der Waals surface area contributed by atoms with Crippen LogP contribution >= 0.6 is 0 Å². The van der Waals surface area contributed by atoms with Crippen LogP contribution in [0.5, 0.6) is 0 Å². The van der Waals surface area contributed by atoms with E-state index in [4.69, 9.17) is 0 Å². The van der Waals surface area contributed by atoms with Crippen LogP contribution in [0, 0.1) is 0 Å². The Balaban J connectivity index is 1.59. The summed E-state index contributed by atoms with van der Waals surface area (Å²) in [6.45, 7) is 1.50. The van der Waals surface area contributed by atoms with E-state index in [1.807, 2.05) is 28.8 Å². The molecule has 0 saturated carbocycles. The lowest BCUT2D eigenvalue weighted by atomic mass is 9.96. The molecule has 2 aromatic rings. The van der Waals surface area contributed by atoms with Crippen LogP contribution in [-0.2, 0) is 11.3 Å². The lowest BCUT2D eigenvalue weighted by Crippen LogP contribution is -2.36. The van der Waals surface area contributed by atoms with E-state index in [0.29, 0.717) is 38.9 Å². The van der Waals surface area contributed by atoms with Gasteiger partial charge in [-0.25, -0.2) is 4.98 Å². The van der Waals surface area contributed by atoms with Gasteiger partial charge < -0.3 is 19.7 Å². The number of aliphatic hydroxyl groups is 2. The summed E-state index contributed by atoms with van der Waals surface area (Å²) in [5.41, 5.74) is 0.934. The Bertz CT molecular complexity index is 685. The number of aryl methyl sites for hydroxylation is 1. The molecule has 1 amide bonds. The van der Waals surface area contributed by atoms with Gasteiger partial charge in [0.1, 0.15) is 0 Å². The summed E-state index contributed by atoms with van der Waals surface area (Å²) in [6.07, 6.45) is 3.88. The van der Waals surface area contributed by atoms with Crippen LogP contribution in [0.1, 0.15) is 25.7 Å². The van der Waals surface area contributed by atoms with Gasteiger partial charge >= 0.3 is 0 Å². The van der Waals surface area contributed by atoms with Gasteiger partial charge in [-0.1, -0.05) is 12.1 Å². The van der Waals surface area contributed by atoms with E-state index in [0.717, 1.165) is 17.5 Å². The monoisotopic (exact) mass is 317 g/mol. The first kappa shape index (κ1) is 16.0. The number of para-hydroxylation sites is 2. The standard InChI is InChI=1S/C17H23N3O3/c21-12-17(23)7-3-9-19(11-8-17)16(22)6-10-20-13-18-14-4-1-2-5-15(14)20/h1-2,4-5,13,21,23H,3,6-12H2/t17-/m1/s1. The summed E-state index contributed by atoms with van der Waals surface area (Å²) in [6, 6.07) is 7.87. The Morgan fingerprint density at radius 2 is 2.09 bits per heavy atom. The van der Waals surface area contributed by atoms with E-state index >= 15 is 0 Å². The van der Waals surface area contributed by atoms with Crippen LogP contribution in [-0.4, -0.2) is 55.9 Å². The molecule has 1 aromatic carbocycles. The third kappa shape index (κ3) is 3.54. The maximum absolute atomic E-state index is 12.4. The minimum absolute atomic E-state index is 0.0879. The van der Waals surface area contributed by atoms with Gasteiger partial charge in [-0.2, -0.15) is 0 Å². The molecule has 0 spiro atoms. The predicted molar refractivity (Wildman–Crippen MR) is 86.8 cm³/mol. The van der Waals surface area contributed by atoms with Crippen LogP contribution in [0.4, 0.5) is 0 Å². The molecular weight excluding hydrogens is 294 g/mol. The van der Waals surface area contributed by atoms with Crippen LogP contribution in [0.25, 0.3) is 11.0 Å². The average molecular weight is 317 g/mol. The lowest BCUT2D eigenvalue weighted by Gasteiger charge is -2.24. The molecular formula is C17H23N3O3. The molecule has 0 bridgehead atoms. The van der Waals surface area contributed by atoms with Crippen molar-refractivity contribution in [2.24, 2.45) is 0 Å². The molecule has 1 aliphatic heterocycles. The van der Waals surface area contributed by atoms with Crippen molar-refractivity contribution in [1.82, 2.24) is 14.5 Å². The van der Waals surface area contributed by atoms with E-state index in [1.165, 1.54) is 0 Å². The number of imidazole rings is 1. The van der Waals surface area contributed by atoms with Gasteiger partial charge in [-0.15, -0.1) is 0 Å². The van der Waals surface area contributed by atoms with Crippen molar-refractivity contribution in [3.63, 3.8) is 0 Å². The van der Waals surface area contributed by atoms with E-state index < -0.39 is 5.60 Å². The highest BCUT2D eigenvalue weighted by molar-refractivity contribution is 5.77. The van der Waals surface area contributed by atoms with Gasteiger partial charge in [0.15, 0.2) is 0 Å². The second-order valence-corrected chi connectivity index (χ2v) is 6.29. The summed E-state index contributed by atoms with van der Waals surface area (Å²) in [5.74, 6) is 0.0879. The Kier molecular flexibility index (Phi) is 4.63. The third-order valence-electron chi connectivity index (χ3n) is 4.66. The molecule has 1 fully saturated rings. The number of carbonyl (C=O) groups is 1. The third-order valence-corrected chi connectivity index (χ3v) is 4.66. The Hall–Kier alpha value is -1.92. The Labute approximate surface area is 135 Å². The normalized spacial score (nSPS) is 22.3. The number of benzene rings is 1. The highest BCUT2D eigenvalue weighted by Crippen LogP contribution is 2.22. The Morgan fingerprint density at radius 3 is 2.91 bits per heavy atom. The lowest BCUT2D eigenvalue weighted by molar-refractivity contribution is -0.131. The van der Waals surface area contributed by atoms with Crippen molar-refractivity contribution in [2.75, 3.05) is 19.7 Å². The molecule has 6 nitrogen and oxygen atoms in total. The van der Waals surface area contributed by atoms with Crippen molar-refractivity contribution < 1.29 is 15.0 Å². The number of hydrogen-bond acceptors (Lipinski definition) is 4. The molecule has 0 aliphatic carbocycles. The van der Waals surface area contributed by atoms with Gasteiger partial charge in [0.2, 0.25) is 5.91 Å². The second-order valence-electron chi connectivity index (χ2n) is 6.29. The molecule has 2 N–H and O–H groups in total. The maximum atomic E-state index is 12.4. The molecule has 3 rings (SSSR count). The fourth-order valence-electron chi connectivity index (χ4n) is 3.15. The number of aromatic nitrogens is 2. The Morgan fingerprint density at radius 1 is 1.26 bits per heavy atom. The molecule has 0 unspecified atom stereocenters. The van der Waals surface area contributed by atoms with Gasteiger partial charge in [-0.3, -0.25) is 4.79 Å². The summed E-state index contributed by atoms with van der Waals surface area (Å²) in [5, 5.41) is 19.4. The second kappa shape index (κ2) is 6.68. The molecule has 1 saturated heterocycles. The zero-order valence-electron chi connectivity index (χ0n) is 13.2. The molecule has 6 heteroatoms. The van der Waals surface area contributed by atoms with Gasteiger partial charge in [0, 0.05) is 26.1 Å². The van der Waals surface area contributed by atoms with Crippen molar-refractivity contribution >= 4 is 16.9 Å². The molecule has 0 radical (unpaired) electrons. The van der Waals surface area contributed by atoms with Crippen LogP contribution in [0.15, 0.2) is 30.6 Å². The number of amides is 1. The van der Waals surface area contributed by atoms with Crippen LogP contribution in [0.3, 0.4) is 0 Å². The molecule has 1 aromatic heterocycles. The number of likely N-dealkylation sites (tertiary alicyclic amines) is 1. The highest BCUT2D eigenvalue weighted by Gasteiger charge is 2.30. The largest absolute Gasteiger partial charge is 0.393 e. The minimum Gasteiger partial charge on any atom is -0.393 e. The van der Waals surface area contributed by atoms with Crippen molar-refractivity contribution in [2.45, 2.75) is 37.8 Å². The number of hydrogen-bond donors (Lipinski definition) is 2. The number of rotatable bonds is 4. The summed E-state index contributed by atoms with van der Waals surface area (Å²) in [4.78, 5) is 18.6. The van der Waals surface area contributed by atoms with E-state index in [2.05, 4.69) is 4.98 Å². The maximum Gasteiger partial charge on any atom is 0.224 e.